The summed E-state index contributed by atoms with van der Waals surface area (Å²) in [6, 6.07) is 7.50. The van der Waals surface area contributed by atoms with E-state index in [0.717, 1.165) is 70.2 Å². The molecule has 2 aromatic rings. The molecule has 31 heavy (non-hydrogen) atoms. The van der Waals surface area contributed by atoms with Gasteiger partial charge >= 0.3 is 0 Å². The molecule has 3 aliphatic heterocycles. The van der Waals surface area contributed by atoms with Crippen molar-refractivity contribution in [2.45, 2.75) is 12.8 Å². The normalized spacial score (nSPS) is 24.5. The third-order valence-electron chi connectivity index (χ3n) is 6.94. The predicted octanol–water partition coefficient (Wildman–Crippen LogP) is 1.47. The van der Waals surface area contributed by atoms with Crippen molar-refractivity contribution in [3.05, 3.63) is 42.2 Å². The van der Waals surface area contributed by atoms with E-state index in [1.54, 1.807) is 12.4 Å². The van der Waals surface area contributed by atoms with E-state index in [0.29, 0.717) is 18.7 Å². The second-order valence-electron chi connectivity index (χ2n) is 8.77. The van der Waals surface area contributed by atoms with Gasteiger partial charge in [-0.25, -0.2) is 4.98 Å². The Morgan fingerprint density at radius 1 is 1.06 bits per heavy atom. The van der Waals surface area contributed by atoms with Crippen LogP contribution in [-0.2, 0) is 9.53 Å². The van der Waals surface area contributed by atoms with E-state index in [1.165, 1.54) is 0 Å². The van der Waals surface area contributed by atoms with Crippen LogP contribution in [0.1, 0.15) is 23.2 Å². The quantitative estimate of drug-likeness (QED) is 0.788. The van der Waals surface area contributed by atoms with Crippen LogP contribution in [0.25, 0.3) is 11.4 Å². The van der Waals surface area contributed by atoms with Crippen molar-refractivity contribution >= 4 is 11.8 Å². The van der Waals surface area contributed by atoms with Crippen LogP contribution in [0, 0.1) is 5.41 Å². The fourth-order valence-electron chi connectivity index (χ4n) is 4.99. The van der Waals surface area contributed by atoms with E-state index in [2.05, 4.69) is 14.9 Å². The highest BCUT2D eigenvalue weighted by Crippen LogP contribution is 2.41. The Balaban J connectivity index is 1.19. The fourth-order valence-corrected chi connectivity index (χ4v) is 4.99. The highest BCUT2D eigenvalue weighted by atomic mass is 16.5. The highest BCUT2D eigenvalue weighted by Gasteiger charge is 2.51. The smallest absolute Gasteiger partial charge is 0.253 e. The number of amides is 2. The monoisotopic (exact) mass is 423 g/mol. The molecule has 1 atom stereocenters. The van der Waals surface area contributed by atoms with Crippen LogP contribution < -0.4 is 0 Å². The van der Waals surface area contributed by atoms with Crippen LogP contribution in [0.3, 0.4) is 0 Å². The van der Waals surface area contributed by atoms with Crippen LogP contribution in [0.5, 0.6) is 0 Å². The summed E-state index contributed by atoms with van der Waals surface area (Å²) in [5.74, 6) is 1.01. The molecule has 1 unspecified atom stereocenters. The summed E-state index contributed by atoms with van der Waals surface area (Å²) in [7, 11) is 0. The second-order valence-corrected chi connectivity index (χ2v) is 8.77. The number of carbonyl (C=O) groups is 2. The summed E-state index contributed by atoms with van der Waals surface area (Å²) in [5.41, 5.74) is 1.21. The average molecular weight is 424 g/mol. The molecule has 0 radical (unpaired) electrons. The first-order chi connectivity index (χ1) is 15.1. The molecule has 5 rings (SSSR count). The molecule has 3 aliphatic rings. The zero-order chi connectivity index (χ0) is 21.3. The summed E-state index contributed by atoms with van der Waals surface area (Å²) in [5, 5.41) is 0. The minimum Gasteiger partial charge on any atom is -0.379 e. The van der Waals surface area contributed by atoms with E-state index in [4.69, 9.17) is 4.74 Å². The molecule has 1 N–H and O–H groups in total. The number of aromatic nitrogens is 2. The number of nitrogens with one attached hydrogen (secondary N) is 1. The number of benzene rings is 1. The molecular weight excluding hydrogens is 394 g/mol. The molecular formula is C23H29N5O3. The number of nitrogens with zero attached hydrogens (tertiary/aromatic N) is 4. The molecule has 2 amide bonds. The van der Waals surface area contributed by atoms with Gasteiger partial charge in [-0.3, -0.25) is 14.5 Å². The van der Waals surface area contributed by atoms with Gasteiger partial charge in [0.05, 0.1) is 18.6 Å². The van der Waals surface area contributed by atoms with Crippen molar-refractivity contribution in [3.63, 3.8) is 0 Å². The number of morpholine rings is 1. The molecule has 4 heterocycles. The van der Waals surface area contributed by atoms with Crippen LogP contribution in [0.15, 0.2) is 36.7 Å². The standard InChI is InChI=1S/C23H29N5O3/c29-21(19-3-1-18(2-4-19)20-24-7-8-25-20)28-10-6-23(17-28)5-9-27(22(23)30)12-11-26-13-15-31-16-14-26/h1-4,7-8H,5-6,9-17H2,(H,24,25). The number of likely N-dealkylation sites (tertiary alicyclic amines) is 2. The van der Waals surface area contributed by atoms with Gasteiger partial charge in [0.2, 0.25) is 5.91 Å². The third kappa shape index (κ3) is 3.97. The largest absolute Gasteiger partial charge is 0.379 e. The maximum Gasteiger partial charge on any atom is 0.253 e. The molecule has 1 aromatic carbocycles. The Morgan fingerprint density at radius 2 is 1.84 bits per heavy atom. The topological polar surface area (TPSA) is 81.8 Å². The molecule has 3 fully saturated rings. The molecule has 0 aliphatic carbocycles. The molecule has 1 spiro atoms. The summed E-state index contributed by atoms with van der Waals surface area (Å²) < 4.78 is 5.40. The number of rotatable bonds is 5. The van der Waals surface area contributed by atoms with Crippen molar-refractivity contribution in [1.82, 2.24) is 24.7 Å². The molecule has 8 heteroatoms. The van der Waals surface area contributed by atoms with Gasteiger partial charge in [0, 0.05) is 69.3 Å². The molecule has 164 valence electrons. The lowest BCUT2D eigenvalue weighted by molar-refractivity contribution is -0.135. The van der Waals surface area contributed by atoms with Gasteiger partial charge < -0.3 is 19.5 Å². The predicted molar refractivity (Wildman–Crippen MR) is 115 cm³/mol. The van der Waals surface area contributed by atoms with Crippen LogP contribution in [0.2, 0.25) is 0 Å². The number of hydrogen-bond acceptors (Lipinski definition) is 5. The summed E-state index contributed by atoms with van der Waals surface area (Å²) in [4.78, 5) is 39.8. The van der Waals surface area contributed by atoms with E-state index in [1.807, 2.05) is 34.1 Å². The molecule has 3 saturated heterocycles. The van der Waals surface area contributed by atoms with Gasteiger partial charge in [0.25, 0.3) is 5.91 Å². The van der Waals surface area contributed by atoms with Gasteiger partial charge in [-0.15, -0.1) is 0 Å². The van der Waals surface area contributed by atoms with Gasteiger partial charge in [0.1, 0.15) is 5.82 Å². The summed E-state index contributed by atoms with van der Waals surface area (Å²) >= 11 is 0. The summed E-state index contributed by atoms with van der Waals surface area (Å²) in [6.07, 6.45) is 5.09. The van der Waals surface area contributed by atoms with Gasteiger partial charge in [-0.1, -0.05) is 12.1 Å². The van der Waals surface area contributed by atoms with Gasteiger partial charge in [-0.05, 0) is 25.0 Å². The van der Waals surface area contributed by atoms with Crippen molar-refractivity contribution in [3.8, 4) is 11.4 Å². The fraction of sp³-hybridized carbons (Fsp3) is 0.522. The van der Waals surface area contributed by atoms with Crippen molar-refractivity contribution in [1.29, 1.82) is 0 Å². The van der Waals surface area contributed by atoms with Crippen molar-refractivity contribution in [2.75, 3.05) is 59.0 Å². The van der Waals surface area contributed by atoms with Gasteiger partial charge in [0.15, 0.2) is 0 Å². The lowest BCUT2D eigenvalue weighted by Crippen LogP contribution is -2.43. The number of carbonyl (C=O) groups excluding carboxylic acids is 2. The molecule has 0 bridgehead atoms. The Labute approximate surface area is 182 Å². The number of imidazole rings is 1. The Hall–Kier alpha value is -2.71. The minimum absolute atomic E-state index is 0.00226. The van der Waals surface area contributed by atoms with E-state index >= 15 is 0 Å². The lowest BCUT2D eigenvalue weighted by Gasteiger charge is -2.29. The maximum atomic E-state index is 13.2. The average Bonchev–Trinajstić information content (AvgIpc) is 3.56. The number of H-pyrrole nitrogens is 1. The van der Waals surface area contributed by atoms with Crippen molar-refractivity contribution < 1.29 is 14.3 Å². The lowest BCUT2D eigenvalue weighted by atomic mass is 9.85. The first-order valence-corrected chi connectivity index (χ1v) is 11.1. The van der Waals surface area contributed by atoms with Gasteiger partial charge in [-0.2, -0.15) is 0 Å². The Bertz CT molecular complexity index is 923. The van der Waals surface area contributed by atoms with E-state index in [-0.39, 0.29) is 11.8 Å². The SMILES string of the molecule is O=C(c1ccc(-c2ncc[nH]2)cc1)N1CCC2(CCN(CCN3CCOCC3)C2=O)C1. The van der Waals surface area contributed by atoms with E-state index in [9.17, 15) is 9.59 Å². The molecule has 0 saturated carbocycles. The first-order valence-electron chi connectivity index (χ1n) is 11.1. The van der Waals surface area contributed by atoms with Crippen molar-refractivity contribution in [2.24, 2.45) is 5.41 Å². The van der Waals surface area contributed by atoms with Crippen LogP contribution in [-0.4, -0.2) is 95.5 Å². The van der Waals surface area contributed by atoms with Crippen LogP contribution >= 0.6 is 0 Å². The molecule has 8 nitrogen and oxygen atoms in total. The zero-order valence-electron chi connectivity index (χ0n) is 17.8. The zero-order valence-corrected chi connectivity index (χ0v) is 17.8. The highest BCUT2D eigenvalue weighted by molar-refractivity contribution is 5.96. The molecule has 1 aromatic heterocycles. The van der Waals surface area contributed by atoms with Crippen LogP contribution in [0.4, 0.5) is 0 Å². The Kier molecular flexibility index (Phi) is 5.50. The minimum atomic E-state index is -0.394. The Morgan fingerprint density at radius 3 is 2.58 bits per heavy atom. The maximum absolute atomic E-state index is 13.2. The third-order valence-corrected chi connectivity index (χ3v) is 6.94. The number of aromatic amines is 1. The second kappa shape index (κ2) is 8.43. The first kappa shape index (κ1) is 20.2. The summed E-state index contributed by atoms with van der Waals surface area (Å²) in [6.45, 7) is 7.05. The number of hydrogen-bond donors (Lipinski definition) is 1. The number of ether oxygens (including phenoxy) is 1. The van der Waals surface area contributed by atoms with E-state index < -0.39 is 5.41 Å².